The summed E-state index contributed by atoms with van der Waals surface area (Å²) in [5.74, 6) is -1.03. The number of para-hydroxylation sites is 1. The number of ketones is 1. The van der Waals surface area contributed by atoms with Crippen LogP contribution in [0, 0.1) is 11.8 Å². The summed E-state index contributed by atoms with van der Waals surface area (Å²) in [4.78, 5) is 23.4. The van der Waals surface area contributed by atoms with Crippen molar-refractivity contribution in [2.75, 3.05) is 13.7 Å². The van der Waals surface area contributed by atoms with Crippen molar-refractivity contribution in [3.05, 3.63) is 30.3 Å². The monoisotopic (exact) mass is 250 g/mol. The van der Waals surface area contributed by atoms with Gasteiger partial charge in [-0.2, -0.15) is 0 Å². The quantitative estimate of drug-likeness (QED) is 0.573. The van der Waals surface area contributed by atoms with Crippen LogP contribution in [0.3, 0.4) is 0 Å². The second kappa shape index (κ2) is 6.79. The number of hydrogen-bond acceptors (Lipinski definition) is 4. The van der Waals surface area contributed by atoms with Gasteiger partial charge in [0.05, 0.1) is 7.11 Å². The highest BCUT2D eigenvalue weighted by atomic mass is 16.5. The van der Waals surface area contributed by atoms with Crippen LogP contribution in [0.5, 0.6) is 5.75 Å². The first-order chi connectivity index (χ1) is 8.56. The van der Waals surface area contributed by atoms with E-state index in [1.54, 1.807) is 12.1 Å². The minimum atomic E-state index is -0.765. The maximum Gasteiger partial charge on any atom is 0.316 e. The molecule has 1 unspecified atom stereocenters. The van der Waals surface area contributed by atoms with E-state index in [0.29, 0.717) is 5.75 Å². The number of Topliss-reactive ketones (excluding diaryl/α,β-unsaturated/α-hetero) is 1. The third-order valence-corrected chi connectivity index (χ3v) is 2.59. The molecule has 1 aromatic carbocycles. The van der Waals surface area contributed by atoms with E-state index in [1.165, 1.54) is 7.11 Å². The summed E-state index contributed by atoms with van der Waals surface area (Å²) in [7, 11) is 1.28. The average Bonchev–Trinajstić information content (AvgIpc) is 2.37. The largest absolute Gasteiger partial charge is 0.486 e. The Hall–Kier alpha value is -1.84. The molecule has 0 N–H and O–H groups in total. The summed E-state index contributed by atoms with van der Waals surface area (Å²) < 4.78 is 9.97. The van der Waals surface area contributed by atoms with Gasteiger partial charge < -0.3 is 9.47 Å². The highest BCUT2D eigenvalue weighted by Gasteiger charge is 2.30. The summed E-state index contributed by atoms with van der Waals surface area (Å²) in [6.45, 7) is 3.49. The predicted octanol–water partition coefficient (Wildman–Crippen LogP) is 2.08. The fourth-order valence-corrected chi connectivity index (χ4v) is 1.66. The van der Waals surface area contributed by atoms with Crippen molar-refractivity contribution in [2.45, 2.75) is 13.8 Å². The molecule has 1 aromatic rings. The van der Waals surface area contributed by atoms with Gasteiger partial charge in [0.15, 0.2) is 5.78 Å². The predicted molar refractivity (Wildman–Crippen MR) is 67.3 cm³/mol. The maximum atomic E-state index is 11.9. The van der Waals surface area contributed by atoms with E-state index in [1.807, 2.05) is 32.0 Å². The van der Waals surface area contributed by atoms with Crippen LogP contribution >= 0.6 is 0 Å². The molecule has 0 bridgehead atoms. The first kappa shape index (κ1) is 14.2. The molecule has 4 nitrogen and oxygen atoms in total. The Balaban J connectivity index is 2.60. The molecule has 0 aromatic heterocycles. The number of carbonyl (C=O) groups excluding carboxylic acids is 2. The molecular formula is C14H18O4. The van der Waals surface area contributed by atoms with Crippen molar-refractivity contribution in [2.24, 2.45) is 11.8 Å². The average molecular weight is 250 g/mol. The van der Waals surface area contributed by atoms with Gasteiger partial charge in [0.25, 0.3) is 0 Å². The Morgan fingerprint density at radius 3 is 2.28 bits per heavy atom. The van der Waals surface area contributed by atoms with Crippen LogP contribution < -0.4 is 4.74 Å². The van der Waals surface area contributed by atoms with Crippen molar-refractivity contribution in [1.82, 2.24) is 0 Å². The zero-order valence-corrected chi connectivity index (χ0v) is 10.9. The van der Waals surface area contributed by atoms with Crippen LogP contribution in [-0.4, -0.2) is 25.5 Å². The third kappa shape index (κ3) is 3.87. The second-order valence-corrected chi connectivity index (χ2v) is 4.31. The van der Waals surface area contributed by atoms with Gasteiger partial charge in [-0.15, -0.1) is 0 Å². The number of rotatable bonds is 6. The Bertz CT molecular complexity index is 398. The van der Waals surface area contributed by atoms with Crippen LogP contribution in [0.4, 0.5) is 0 Å². The molecule has 0 amide bonds. The van der Waals surface area contributed by atoms with Crippen molar-refractivity contribution < 1.29 is 19.1 Å². The third-order valence-electron chi connectivity index (χ3n) is 2.59. The van der Waals surface area contributed by atoms with E-state index in [0.717, 1.165) is 0 Å². The number of methoxy groups -OCH3 is 1. The van der Waals surface area contributed by atoms with Gasteiger partial charge in [0.2, 0.25) is 0 Å². The molecule has 0 aliphatic heterocycles. The molecule has 0 saturated carbocycles. The van der Waals surface area contributed by atoms with Crippen LogP contribution in [-0.2, 0) is 14.3 Å². The molecule has 0 radical (unpaired) electrons. The molecule has 0 aliphatic rings. The van der Waals surface area contributed by atoms with Crippen LogP contribution in [0.2, 0.25) is 0 Å². The molecule has 0 spiro atoms. The molecule has 0 fully saturated rings. The highest BCUT2D eigenvalue weighted by Crippen LogP contribution is 2.15. The lowest BCUT2D eigenvalue weighted by molar-refractivity contribution is -0.151. The second-order valence-electron chi connectivity index (χ2n) is 4.31. The summed E-state index contributed by atoms with van der Waals surface area (Å²) in [6.07, 6.45) is 0. The van der Waals surface area contributed by atoms with E-state index in [-0.39, 0.29) is 18.3 Å². The minimum absolute atomic E-state index is 0.107. The Morgan fingerprint density at radius 2 is 1.78 bits per heavy atom. The van der Waals surface area contributed by atoms with Crippen LogP contribution in [0.15, 0.2) is 30.3 Å². The summed E-state index contributed by atoms with van der Waals surface area (Å²) >= 11 is 0. The van der Waals surface area contributed by atoms with Gasteiger partial charge in [0.1, 0.15) is 18.3 Å². The Morgan fingerprint density at radius 1 is 1.17 bits per heavy atom. The Kier molecular flexibility index (Phi) is 5.36. The number of esters is 1. The summed E-state index contributed by atoms with van der Waals surface area (Å²) in [5.41, 5.74) is 0. The lowest BCUT2D eigenvalue weighted by Crippen LogP contribution is -2.33. The van der Waals surface area contributed by atoms with Crippen LogP contribution in [0.25, 0.3) is 0 Å². The number of ether oxygens (including phenoxy) is 2. The smallest absolute Gasteiger partial charge is 0.316 e. The SMILES string of the molecule is COC(=O)C(C(=O)COc1ccccc1)C(C)C. The fourth-order valence-electron chi connectivity index (χ4n) is 1.66. The normalized spacial score (nSPS) is 12.0. The van der Waals surface area contributed by atoms with Gasteiger partial charge >= 0.3 is 5.97 Å². The standard InChI is InChI=1S/C14H18O4/c1-10(2)13(14(16)17-3)12(15)9-18-11-7-5-4-6-8-11/h4-8,10,13H,9H2,1-3H3. The first-order valence-electron chi connectivity index (χ1n) is 5.84. The molecule has 1 atom stereocenters. The maximum absolute atomic E-state index is 11.9. The van der Waals surface area contributed by atoms with E-state index in [4.69, 9.17) is 4.74 Å². The lowest BCUT2D eigenvalue weighted by Gasteiger charge is -2.17. The van der Waals surface area contributed by atoms with E-state index < -0.39 is 11.9 Å². The van der Waals surface area contributed by atoms with Gasteiger partial charge in [-0.1, -0.05) is 32.0 Å². The van der Waals surface area contributed by atoms with Gasteiger partial charge in [-0.05, 0) is 18.1 Å². The zero-order chi connectivity index (χ0) is 13.5. The number of benzene rings is 1. The molecule has 98 valence electrons. The molecule has 0 aliphatic carbocycles. The molecular weight excluding hydrogens is 232 g/mol. The first-order valence-corrected chi connectivity index (χ1v) is 5.84. The van der Waals surface area contributed by atoms with Crippen molar-refractivity contribution in [3.63, 3.8) is 0 Å². The number of hydrogen-bond donors (Lipinski definition) is 0. The van der Waals surface area contributed by atoms with Crippen molar-refractivity contribution in [3.8, 4) is 5.75 Å². The summed E-state index contributed by atoms with van der Waals surface area (Å²) in [6, 6.07) is 9.02. The van der Waals surface area contributed by atoms with E-state index in [2.05, 4.69) is 4.74 Å². The van der Waals surface area contributed by atoms with Crippen LogP contribution in [0.1, 0.15) is 13.8 Å². The number of carbonyl (C=O) groups is 2. The van der Waals surface area contributed by atoms with Crippen molar-refractivity contribution in [1.29, 1.82) is 0 Å². The molecule has 1 rings (SSSR count). The lowest BCUT2D eigenvalue weighted by atomic mass is 9.92. The fraction of sp³-hybridized carbons (Fsp3) is 0.429. The minimum Gasteiger partial charge on any atom is -0.486 e. The molecule has 4 heteroatoms. The molecule has 0 saturated heterocycles. The van der Waals surface area contributed by atoms with E-state index in [9.17, 15) is 9.59 Å². The zero-order valence-electron chi connectivity index (χ0n) is 10.9. The van der Waals surface area contributed by atoms with Crippen molar-refractivity contribution >= 4 is 11.8 Å². The Labute approximate surface area is 107 Å². The highest BCUT2D eigenvalue weighted by molar-refractivity contribution is 6.00. The van der Waals surface area contributed by atoms with Gasteiger partial charge in [0, 0.05) is 0 Å². The van der Waals surface area contributed by atoms with Gasteiger partial charge in [-0.25, -0.2) is 0 Å². The molecule has 0 heterocycles. The summed E-state index contributed by atoms with van der Waals surface area (Å²) in [5, 5.41) is 0. The molecule has 18 heavy (non-hydrogen) atoms. The van der Waals surface area contributed by atoms with Gasteiger partial charge in [-0.3, -0.25) is 9.59 Å². The van der Waals surface area contributed by atoms with E-state index >= 15 is 0 Å². The topological polar surface area (TPSA) is 52.6 Å².